The van der Waals surface area contributed by atoms with Crippen molar-refractivity contribution in [2.45, 2.75) is 26.8 Å². The van der Waals surface area contributed by atoms with Crippen molar-refractivity contribution < 1.29 is 4.79 Å². The van der Waals surface area contributed by atoms with Crippen molar-refractivity contribution in [1.82, 2.24) is 10.3 Å². The van der Waals surface area contributed by atoms with Crippen LogP contribution in [0.3, 0.4) is 0 Å². The van der Waals surface area contributed by atoms with Gasteiger partial charge in [0.15, 0.2) is 0 Å². The van der Waals surface area contributed by atoms with E-state index in [9.17, 15) is 4.79 Å². The van der Waals surface area contributed by atoms with Crippen LogP contribution in [-0.4, -0.2) is 30.0 Å². The zero-order chi connectivity index (χ0) is 15.3. The molecule has 1 aromatic heterocycles. The molecule has 0 saturated carbocycles. The maximum atomic E-state index is 11.8. The second kappa shape index (κ2) is 10.3. The Balaban J connectivity index is 0. The summed E-state index contributed by atoms with van der Waals surface area (Å²) in [4.78, 5) is 15.8. The van der Waals surface area contributed by atoms with Gasteiger partial charge in [0.2, 0.25) is 5.91 Å². The van der Waals surface area contributed by atoms with E-state index in [2.05, 4.69) is 15.6 Å². The average Bonchev–Trinajstić information content (AvgIpc) is 2.34. The smallest absolute Gasteiger partial charge is 0.237 e. The third-order valence-electron chi connectivity index (χ3n) is 2.74. The number of rotatable bonds is 5. The van der Waals surface area contributed by atoms with Crippen molar-refractivity contribution in [3.8, 4) is 0 Å². The van der Waals surface area contributed by atoms with E-state index in [4.69, 9.17) is 28.9 Å². The number of nitrogens with one attached hydrogen (secondary N) is 2. The summed E-state index contributed by atoms with van der Waals surface area (Å²) in [5.41, 5.74) is 5.58. The number of carbonyl (C=O) groups is 1. The van der Waals surface area contributed by atoms with Crippen molar-refractivity contribution >= 4 is 59.7 Å². The highest BCUT2D eigenvalue weighted by Crippen LogP contribution is 2.22. The first-order chi connectivity index (χ1) is 9.21. The molecule has 0 aliphatic rings. The van der Waals surface area contributed by atoms with E-state index in [-0.39, 0.29) is 36.1 Å². The van der Waals surface area contributed by atoms with Crippen molar-refractivity contribution in [2.24, 2.45) is 11.1 Å². The first-order valence-electron chi connectivity index (χ1n) is 6.30. The molecule has 1 atom stereocenters. The van der Waals surface area contributed by atoms with Crippen LogP contribution < -0.4 is 16.4 Å². The van der Waals surface area contributed by atoms with Gasteiger partial charge in [-0.2, -0.15) is 0 Å². The van der Waals surface area contributed by atoms with Crippen LogP contribution in [0.15, 0.2) is 12.3 Å². The number of anilines is 1. The molecule has 0 bridgehead atoms. The molecule has 0 aliphatic heterocycles. The van der Waals surface area contributed by atoms with Crippen molar-refractivity contribution in [1.29, 1.82) is 0 Å². The molecule has 0 fully saturated rings. The zero-order valence-corrected chi connectivity index (χ0v) is 15.8. The summed E-state index contributed by atoms with van der Waals surface area (Å²) in [7, 11) is 0. The van der Waals surface area contributed by atoms with E-state index < -0.39 is 6.04 Å². The molecule has 128 valence electrons. The van der Waals surface area contributed by atoms with Gasteiger partial charge in [-0.25, -0.2) is 4.98 Å². The lowest BCUT2D eigenvalue weighted by Crippen LogP contribution is -2.49. The predicted molar refractivity (Wildman–Crippen MR) is 97.7 cm³/mol. The lowest BCUT2D eigenvalue weighted by molar-refractivity contribution is -0.124. The first-order valence-corrected chi connectivity index (χ1v) is 7.05. The van der Waals surface area contributed by atoms with Crippen LogP contribution in [0, 0.1) is 5.41 Å². The summed E-state index contributed by atoms with van der Waals surface area (Å²) in [5.74, 6) is 0.361. The molecule has 9 heteroatoms. The molecule has 1 rings (SSSR count). The van der Waals surface area contributed by atoms with E-state index in [1.165, 1.54) is 6.20 Å². The van der Waals surface area contributed by atoms with E-state index >= 15 is 0 Å². The fraction of sp³-hybridized carbons (Fsp3) is 0.538. The van der Waals surface area contributed by atoms with Gasteiger partial charge in [-0.3, -0.25) is 4.79 Å². The van der Waals surface area contributed by atoms with Gasteiger partial charge in [-0.15, -0.1) is 24.8 Å². The summed E-state index contributed by atoms with van der Waals surface area (Å²) in [6.45, 7) is 6.70. The number of carbonyl (C=O) groups excluding carboxylic acids is 1. The van der Waals surface area contributed by atoms with Gasteiger partial charge in [-0.1, -0.05) is 44.0 Å². The van der Waals surface area contributed by atoms with Gasteiger partial charge in [0.05, 0.1) is 16.1 Å². The Morgan fingerprint density at radius 3 is 2.41 bits per heavy atom. The minimum absolute atomic E-state index is 0. The van der Waals surface area contributed by atoms with Crippen LogP contribution in [0.5, 0.6) is 0 Å². The van der Waals surface area contributed by atoms with Crippen LogP contribution in [0.2, 0.25) is 10.0 Å². The number of aromatic nitrogens is 1. The summed E-state index contributed by atoms with van der Waals surface area (Å²) < 4.78 is 0. The topological polar surface area (TPSA) is 80.0 Å². The Bertz CT molecular complexity index is 480. The number of pyridine rings is 1. The summed E-state index contributed by atoms with van der Waals surface area (Å²) >= 11 is 11.7. The third-order valence-corrected chi connectivity index (χ3v) is 3.23. The maximum Gasteiger partial charge on any atom is 0.237 e. The van der Waals surface area contributed by atoms with Gasteiger partial charge < -0.3 is 16.4 Å². The molecular weight excluding hydrogens is 370 g/mol. The highest BCUT2D eigenvalue weighted by atomic mass is 35.5. The molecule has 1 heterocycles. The lowest BCUT2D eigenvalue weighted by Gasteiger charge is -2.25. The molecule has 0 aromatic carbocycles. The van der Waals surface area contributed by atoms with Gasteiger partial charge in [0, 0.05) is 19.3 Å². The minimum atomic E-state index is -0.542. The molecule has 0 spiro atoms. The number of halogens is 4. The highest BCUT2D eigenvalue weighted by Gasteiger charge is 2.26. The molecular formula is C13H22Cl4N4O. The first kappa shape index (κ1) is 23.8. The monoisotopic (exact) mass is 390 g/mol. The van der Waals surface area contributed by atoms with Gasteiger partial charge in [-0.05, 0) is 11.5 Å². The molecule has 0 radical (unpaired) electrons. The molecule has 0 aliphatic carbocycles. The lowest BCUT2D eigenvalue weighted by atomic mass is 9.87. The van der Waals surface area contributed by atoms with Gasteiger partial charge in [0.25, 0.3) is 0 Å². The molecule has 4 N–H and O–H groups in total. The second-order valence-electron chi connectivity index (χ2n) is 5.55. The molecule has 1 amide bonds. The number of hydrogen-bond donors (Lipinski definition) is 3. The van der Waals surface area contributed by atoms with Crippen LogP contribution in [0.4, 0.5) is 5.82 Å². The fourth-order valence-corrected chi connectivity index (χ4v) is 1.86. The molecule has 22 heavy (non-hydrogen) atoms. The van der Waals surface area contributed by atoms with E-state index in [1.54, 1.807) is 6.07 Å². The SMILES string of the molecule is CC(C)(C)[C@H](N)C(=O)NCCNc1ncc(Cl)cc1Cl.Cl.Cl. The van der Waals surface area contributed by atoms with Crippen molar-refractivity contribution in [2.75, 3.05) is 18.4 Å². The normalized spacial score (nSPS) is 11.7. The number of nitrogens with two attached hydrogens (primary N) is 1. The Morgan fingerprint density at radius 2 is 1.91 bits per heavy atom. The summed E-state index contributed by atoms with van der Waals surface area (Å²) in [5, 5.41) is 6.70. The van der Waals surface area contributed by atoms with E-state index in [0.29, 0.717) is 29.0 Å². The molecule has 0 unspecified atom stereocenters. The summed E-state index contributed by atoms with van der Waals surface area (Å²) in [6, 6.07) is 1.06. The Labute approximate surface area is 153 Å². The largest absolute Gasteiger partial charge is 0.367 e. The van der Waals surface area contributed by atoms with Crippen molar-refractivity contribution in [3.05, 3.63) is 22.3 Å². The summed E-state index contributed by atoms with van der Waals surface area (Å²) in [6.07, 6.45) is 1.50. The number of amides is 1. The third kappa shape index (κ3) is 7.70. The minimum Gasteiger partial charge on any atom is -0.367 e. The second-order valence-corrected chi connectivity index (χ2v) is 6.39. The molecule has 0 saturated heterocycles. The van der Waals surface area contributed by atoms with Gasteiger partial charge >= 0.3 is 0 Å². The quantitative estimate of drug-likeness (QED) is 0.673. The molecule has 5 nitrogen and oxygen atoms in total. The van der Waals surface area contributed by atoms with Crippen LogP contribution in [0.25, 0.3) is 0 Å². The molecule has 1 aromatic rings. The Kier molecular flexibility index (Phi) is 11.2. The Hall–Kier alpha value is -0.460. The van der Waals surface area contributed by atoms with Crippen molar-refractivity contribution in [3.63, 3.8) is 0 Å². The average molecular weight is 392 g/mol. The van der Waals surface area contributed by atoms with Crippen LogP contribution >= 0.6 is 48.0 Å². The van der Waals surface area contributed by atoms with Gasteiger partial charge in [0.1, 0.15) is 5.82 Å². The number of nitrogens with zero attached hydrogens (tertiary/aromatic N) is 1. The zero-order valence-electron chi connectivity index (χ0n) is 12.7. The van der Waals surface area contributed by atoms with Crippen LogP contribution in [-0.2, 0) is 4.79 Å². The maximum absolute atomic E-state index is 11.8. The van der Waals surface area contributed by atoms with E-state index in [1.807, 2.05) is 20.8 Å². The predicted octanol–water partition coefficient (Wildman–Crippen LogP) is 3.13. The van der Waals surface area contributed by atoms with Crippen LogP contribution in [0.1, 0.15) is 20.8 Å². The standard InChI is InChI=1S/C13H20Cl2N4O.2ClH/c1-13(2,3)10(16)12(20)18-5-4-17-11-9(15)6-8(14)7-19-11;;/h6-7,10H,4-5,16H2,1-3H3,(H,17,19)(H,18,20);2*1H/t10-;;/m1../s1. The van der Waals surface area contributed by atoms with E-state index in [0.717, 1.165) is 0 Å². The Morgan fingerprint density at radius 1 is 1.32 bits per heavy atom. The fourth-order valence-electron chi connectivity index (χ4n) is 1.41. The highest BCUT2D eigenvalue weighted by molar-refractivity contribution is 6.35. The number of hydrogen-bond acceptors (Lipinski definition) is 4.